The van der Waals surface area contributed by atoms with Crippen LogP contribution in [0.2, 0.25) is 0 Å². The third-order valence-electron chi connectivity index (χ3n) is 8.98. The van der Waals surface area contributed by atoms with Gasteiger partial charge in [0.1, 0.15) is 0 Å². The van der Waals surface area contributed by atoms with Gasteiger partial charge in [0.2, 0.25) is 0 Å². The first-order chi connectivity index (χ1) is 19.3. The summed E-state index contributed by atoms with van der Waals surface area (Å²) in [5.41, 5.74) is 0. The molecule has 0 heterocycles. The van der Waals surface area contributed by atoms with E-state index < -0.39 is 0 Å². The van der Waals surface area contributed by atoms with Crippen LogP contribution in [0.5, 0.6) is 0 Å². The van der Waals surface area contributed by atoms with Crippen molar-refractivity contribution in [2.75, 3.05) is 18.5 Å². The van der Waals surface area contributed by atoms with Crippen LogP contribution in [-0.2, 0) is 0 Å². The maximum absolute atomic E-state index is 2.32. The first-order valence-electron chi connectivity index (χ1n) is 19.1. The number of hydrogen-bond donors (Lipinski definition) is 0. The molecule has 1 heteroatoms. The summed E-state index contributed by atoms with van der Waals surface area (Å²) >= 11 is 0. The fourth-order valence-electron chi connectivity index (χ4n) is 6.16. The Morgan fingerprint density at radius 1 is 0.205 bits per heavy atom. The Bertz CT molecular complexity index is 382. The molecule has 0 aliphatic rings. The summed E-state index contributed by atoms with van der Waals surface area (Å²) in [6.07, 6.45) is 52.3. The number of rotatable bonds is 35. The minimum atomic E-state index is 0.332. The van der Waals surface area contributed by atoms with Gasteiger partial charge in [-0.2, -0.15) is 0 Å². The highest BCUT2D eigenvalue weighted by Gasteiger charge is 2.08. The van der Waals surface area contributed by atoms with E-state index in [-0.39, 0.29) is 0 Å². The van der Waals surface area contributed by atoms with Crippen molar-refractivity contribution in [2.24, 2.45) is 0 Å². The minimum Gasteiger partial charge on any atom is -0.107 e. The number of unbranched alkanes of at least 4 members (excludes halogenated alkanes) is 29. The first-order valence-corrected chi connectivity index (χ1v) is 21.0. The molecule has 39 heavy (non-hydrogen) atoms. The fraction of sp³-hybridized carbons (Fsp3) is 1.00. The second-order valence-electron chi connectivity index (χ2n) is 13.1. The summed E-state index contributed by atoms with van der Waals surface area (Å²) in [5.74, 6) is 0. The van der Waals surface area contributed by atoms with Crippen molar-refractivity contribution in [3.05, 3.63) is 0 Å². The molecule has 0 atom stereocenters. The molecule has 0 unspecified atom stereocenters. The quantitative estimate of drug-likeness (QED) is 0.0528. The van der Waals surface area contributed by atoms with Crippen LogP contribution in [0, 0.1) is 0 Å². The zero-order valence-corrected chi connectivity index (χ0v) is 29.1. The average Bonchev–Trinajstić information content (AvgIpc) is 2.95. The molecule has 0 amide bonds. The van der Waals surface area contributed by atoms with Crippen molar-refractivity contribution in [3.8, 4) is 0 Å². The van der Waals surface area contributed by atoms with E-state index in [0.29, 0.717) is 7.92 Å². The van der Waals surface area contributed by atoms with Crippen molar-refractivity contribution in [2.45, 2.75) is 226 Å². The second-order valence-corrected chi connectivity index (χ2v) is 15.8. The lowest BCUT2D eigenvalue weighted by atomic mass is 10.1. The van der Waals surface area contributed by atoms with E-state index in [1.54, 1.807) is 18.5 Å². The third-order valence-corrected chi connectivity index (χ3v) is 11.8. The van der Waals surface area contributed by atoms with E-state index in [9.17, 15) is 0 Å². The molecule has 0 radical (unpaired) electrons. The average molecular weight is 567 g/mol. The highest BCUT2D eigenvalue weighted by molar-refractivity contribution is 7.57. The van der Waals surface area contributed by atoms with Crippen LogP contribution in [0.15, 0.2) is 0 Å². The van der Waals surface area contributed by atoms with Gasteiger partial charge < -0.3 is 0 Å². The molecule has 0 rings (SSSR count). The lowest BCUT2D eigenvalue weighted by Gasteiger charge is -2.18. The smallest absolute Gasteiger partial charge is 0.0326 e. The monoisotopic (exact) mass is 567 g/mol. The van der Waals surface area contributed by atoms with E-state index in [0.717, 1.165) is 0 Å². The van der Waals surface area contributed by atoms with Gasteiger partial charge in [-0.1, -0.05) is 207 Å². The van der Waals surface area contributed by atoms with Crippen molar-refractivity contribution in [1.82, 2.24) is 0 Å². The van der Waals surface area contributed by atoms with E-state index in [4.69, 9.17) is 0 Å². The van der Waals surface area contributed by atoms with Crippen molar-refractivity contribution >= 4 is 7.92 Å². The molecule has 0 N–H and O–H groups in total. The van der Waals surface area contributed by atoms with Gasteiger partial charge in [0.15, 0.2) is 0 Å². The predicted octanol–water partition coefficient (Wildman–Crippen LogP) is 15.0. The summed E-state index contributed by atoms with van der Waals surface area (Å²) in [5, 5.41) is 0. The SMILES string of the molecule is CCCCCCCCCCCCCCP(CCCCCCCCCCCC)CCCCCCCCCCCC. The van der Waals surface area contributed by atoms with Gasteiger partial charge in [-0.05, 0) is 37.7 Å². The highest BCUT2D eigenvalue weighted by atomic mass is 31.1. The molecule has 0 aromatic rings. The van der Waals surface area contributed by atoms with Crippen LogP contribution < -0.4 is 0 Å². The summed E-state index contributed by atoms with van der Waals surface area (Å²) in [7, 11) is 0.332. The lowest BCUT2D eigenvalue weighted by molar-refractivity contribution is 0.548. The van der Waals surface area contributed by atoms with Crippen LogP contribution in [0.1, 0.15) is 226 Å². The molecular formula is C38H79P. The number of hydrogen-bond acceptors (Lipinski definition) is 0. The molecule has 0 fully saturated rings. The van der Waals surface area contributed by atoms with Gasteiger partial charge in [0.05, 0.1) is 0 Å². The first kappa shape index (κ1) is 39.4. The zero-order chi connectivity index (χ0) is 28.3. The molecule has 0 nitrogen and oxygen atoms in total. The van der Waals surface area contributed by atoms with Gasteiger partial charge in [0.25, 0.3) is 0 Å². The maximum atomic E-state index is 2.32. The molecule has 236 valence electrons. The minimum absolute atomic E-state index is 0.332. The molecule has 0 aliphatic heterocycles. The Hall–Kier alpha value is 0.430. The molecule has 0 saturated heterocycles. The van der Waals surface area contributed by atoms with Crippen LogP contribution in [0.3, 0.4) is 0 Å². The Labute approximate surface area is 252 Å². The normalized spacial score (nSPS) is 11.7. The van der Waals surface area contributed by atoms with Crippen LogP contribution >= 0.6 is 7.92 Å². The van der Waals surface area contributed by atoms with Gasteiger partial charge >= 0.3 is 0 Å². The molecule has 0 aromatic heterocycles. The maximum Gasteiger partial charge on any atom is -0.0326 e. The Morgan fingerprint density at radius 3 is 0.538 bits per heavy atom. The molecule has 0 bridgehead atoms. The standard InChI is InChI=1S/C38H79P/c1-4-7-10-13-16-19-22-23-26-29-32-35-38-39(36-33-30-27-24-20-17-14-11-8-5-2)37-34-31-28-25-21-18-15-12-9-6-3/h4-38H2,1-3H3. The van der Waals surface area contributed by atoms with Crippen molar-refractivity contribution < 1.29 is 0 Å². The van der Waals surface area contributed by atoms with E-state index >= 15 is 0 Å². The second kappa shape index (κ2) is 36.5. The van der Waals surface area contributed by atoms with E-state index in [2.05, 4.69) is 20.8 Å². The Kier molecular flexibility index (Phi) is 36.9. The van der Waals surface area contributed by atoms with E-state index in [1.165, 1.54) is 205 Å². The lowest BCUT2D eigenvalue weighted by Crippen LogP contribution is -1.97. The summed E-state index contributed by atoms with van der Waals surface area (Å²) in [6.45, 7) is 6.96. The van der Waals surface area contributed by atoms with Crippen LogP contribution in [0.4, 0.5) is 0 Å². The van der Waals surface area contributed by atoms with Crippen molar-refractivity contribution in [3.63, 3.8) is 0 Å². The topological polar surface area (TPSA) is 0 Å². The van der Waals surface area contributed by atoms with Gasteiger partial charge in [0, 0.05) is 0 Å². The highest BCUT2D eigenvalue weighted by Crippen LogP contribution is 2.39. The van der Waals surface area contributed by atoms with E-state index in [1.807, 2.05) is 0 Å². The van der Waals surface area contributed by atoms with Crippen LogP contribution in [-0.4, -0.2) is 18.5 Å². The molecule has 0 saturated carbocycles. The van der Waals surface area contributed by atoms with Crippen LogP contribution in [0.25, 0.3) is 0 Å². The molecule has 0 spiro atoms. The predicted molar refractivity (Wildman–Crippen MR) is 186 cm³/mol. The summed E-state index contributed by atoms with van der Waals surface area (Å²) in [4.78, 5) is 0. The van der Waals surface area contributed by atoms with Crippen molar-refractivity contribution in [1.29, 1.82) is 0 Å². The van der Waals surface area contributed by atoms with Gasteiger partial charge in [-0.25, -0.2) is 0 Å². The summed E-state index contributed by atoms with van der Waals surface area (Å²) in [6, 6.07) is 0. The fourth-order valence-corrected chi connectivity index (χ4v) is 8.84. The molecule has 0 aromatic carbocycles. The Balaban J connectivity index is 3.87. The molecular weight excluding hydrogens is 487 g/mol. The zero-order valence-electron chi connectivity index (χ0n) is 28.2. The Morgan fingerprint density at radius 2 is 0.359 bits per heavy atom. The molecule has 0 aliphatic carbocycles. The third kappa shape index (κ3) is 34.5. The largest absolute Gasteiger partial charge is 0.107 e. The van der Waals surface area contributed by atoms with Gasteiger partial charge in [-0.3, -0.25) is 0 Å². The summed E-state index contributed by atoms with van der Waals surface area (Å²) < 4.78 is 0. The van der Waals surface area contributed by atoms with Gasteiger partial charge in [-0.15, -0.1) is 7.92 Å².